The van der Waals surface area contributed by atoms with Crippen molar-refractivity contribution in [3.8, 4) is 5.75 Å². The summed E-state index contributed by atoms with van der Waals surface area (Å²) < 4.78 is 14.0. The van der Waals surface area contributed by atoms with E-state index in [0.29, 0.717) is 28.3 Å². The van der Waals surface area contributed by atoms with Crippen LogP contribution in [0.2, 0.25) is 5.02 Å². The van der Waals surface area contributed by atoms with Gasteiger partial charge in [0.05, 0.1) is 12.7 Å². The van der Waals surface area contributed by atoms with Gasteiger partial charge >= 0.3 is 0 Å². The third-order valence-electron chi connectivity index (χ3n) is 5.52. The number of hydrogen-bond acceptors (Lipinski definition) is 4. The van der Waals surface area contributed by atoms with Crippen molar-refractivity contribution in [2.45, 2.75) is 40.0 Å². The van der Waals surface area contributed by atoms with Crippen molar-refractivity contribution >= 4 is 73.5 Å². The van der Waals surface area contributed by atoms with E-state index in [4.69, 9.17) is 20.8 Å². The molecule has 2 aromatic carbocycles. The van der Waals surface area contributed by atoms with Crippen LogP contribution in [0.25, 0.3) is 11.0 Å². The Labute approximate surface area is 222 Å². The first-order valence-corrected chi connectivity index (χ1v) is 13.5. The van der Waals surface area contributed by atoms with Gasteiger partial charge in [0.15, 0.2) is 5.78 Å². The second kappa shape index (κ2) is 12.0. The molecule has 0 saturated heterocycles. The second-order valence-corrected chi connectivity index (χ2v) is 10.4. The van der Waals surface area contributed by atoms with Crippen LogP contribution in [0.3, 0.4) is 0 Å². The topological polar surface area (TPSA) is 42.7 Å². The molecule has 3 rings (SSSR count). The Balaban J connectivity index is 1.91. The number of unbranched alkanes of at least 4 members (excludes halogenated alkanes) is 1. The van der Waals surface area contributed by atoms with E-state index in [1.54, 1.807) is 12.1 Å². The first-order valence-electron chi connectivity index (χ1n) is 11.0. The summed E-state index contributed by atoms with van der Waals surface area (Å²) in [6.07, 6.45) is 2.72. The fourth-order valence-electron chi connectivity index (χ4n) is 3.67. The summed E-state index contributed by atoms with van der Waals surface area (Å²) in [5, 5.41) is 1.41. The average molecular weight is 680 g/mol. The monoisotopic (exact) mass is 679 g/mol. The van der Waals surface area contributed by atoms with Gasteiger partial charge in [0, 0.05) is 35.0 Å². The van der Waals surface area contributed by atoms with Gasteiger partial charge in [0.2, 0.25) is 0 Å². The molecule has 0 N–H and O–H groups in total. The molecule has 1 heterocycles. The summed E-state index contributed by atoms with van der Waals surface area (Å²) in [4.78, 5) is 16.0. The molecule has 0 spiro atoms. The van der Waals surface area contributed by atoms with E-state index in [-0.39, 0.29) is 5.78 Å². The average Bonchev–Trinajstić information content (AvgIpc) is 3.13. The minimum Gasteiger partial charge on any atom is -0.490 e. The standard InChI is InChI=1S/C25H28ClI2NO3/c1-4-7-8-21-23(18-10-9-17(26)15-22(18)32-21)24(30)16-13-19(27)25(20(28)14-16)31-12-11-29(5-2)6-3/h9-10,13-15H,4-8,11-12H2,1-3H3. The number of hydrogen-bond donors (Lipinski definition) is 0. The number of benzene rings is 2. The van der Waals surface area contributed by atoms with Gasteiger partial charge < -0.3 is 14.1 Å². The molecule has 7 heteroatoms. The highest BCUT2D eigenvalue weighted by Gasteiger charge is 2.23. The van der Waals surface area contributed by atoms with Crippen molar-refractivity contribution < 1.29 is 13.9 Å². The maximum atomic E-state index is 13.6. The van der Waals surface area contributed by atoms with Gasteiger partial charge in [-0.2, -0.15) is 0 Å². The molecule has 0 aliphatic carbocycles. The lowest BCUT2D eigenvalue weighted by molar-refractivity contribution is 0.103. The Morgan fingerprint density at radius 1 is 1.09 bits per heavy atom. The number of ketones is 1. The van der Waals surface area contributed by atoms with Crippen LogP contribution in [0.1, 0.15) is 55.3 Å². The van der Waals surface area contributed by atoms with Crippen molar-refractivity contribution in [2.75, 3.05) is 26.2 Å². The summed E-state index contributed by atoms with van der Waals surface area (Å²) >= 11 is 10.7. The first kappa shape index (κ1) is 25.8. The lowest BCUT2D eigenvalue weighted by atomic mass is 9.98. The number of carbonyl (C=O) groups is 1. The maximum absolute atomic E-state index is 13.6. The van der Waals surface area contributed by atoms with E-state index in [1.807, 2.05) is 18.2 Å². The van der Waals surface area contributed by atoms with E-state index >= 15 is 0 Å². The van der Waals surface area contributed by atoms with Crippen LogP contribution in [-0.4, -0.2) is 36.9 Å². The van der Waals surface area contributed by atoms with Gasteiger partial charge in [-0.25, -0.2) is 0 Å². The van der Waals surface area contributed by atoms with Gasteiger partial charge in [0.1, 0.15) is 23.7 Å². The van der Waals surface area contributed by atoms with E-state index in [2.05, 4.69) is 70.9 Å². The fraction of sp³-hybridized carbons (Fsp3) is 0.400. The van der Waals surface area contributed by atoms with E-state index < -0.39 is 0 Å². The van der Waals surface area contributed by atoms with Gasteiger partial charge in [-0.15, -0.1) is 0 Å². The predicted octanol–water partition coefficient (Wildman–Crippen LogP) is 7.59. The number of carbonyl (C=O) groups excluding carboxylic acids is 1. The Morgan fingerprint density at radius 2 is 1.78 bits per heavy atom. The normalized spacial score (nSPS) is 11.5. The molecule has 172 valence electrons. The summed E-state index contributed by atoms with van der Waals surface area (Å²) in [6.45, 7) is 9.95. The number of ether oxygens (including phenoxy) is 1. The molecule has 0 fully saturated rings. The molecule has 0 bridgehead atoms. The Hall–Kier alpha value is -0.840. The Bertz CT molecular complexity index is 1070. The first-order chi connectivity index (χ1) is 15.4. The van der Waals surface area contributed by atoms with E-state index in [9.17, 15) is 4.79 Å². The number of aryl methyl sites for hydroxylation is 1. The largest absolute Gasteiger partial charge is 0.490 e. The number of rotatable bonds is 11. The zero-order valence-corrected chi connectivity index (χ0v) is 23.7. The molecule has 4 nitrogen and oxygen atoms in total. The summed E-state index contributed by atoms with van der Waals surface area (Å²) in [7, 11) is 0. The van der Waals surface area contributed by atoms with E-state index in [0.717, 1.165) is 62.9 Å². The summed E-state index contributed by atoms with van der Waals surface area (Å²) in [6, 6.07) is 9.29. The second-order valence-electron chi connectivity index (χ2n) is 7.62. The van der Waals surface area contributed by atoms with Gasteiger partial charge in [-0.1, -0.05) is 38.8 Å². The zero-order valence-electron chi connectivity index (χ0n) is 18.6. The highest BCUT2D eigenvalue weighted by atomic mass is 127. The minimum absolute atomic E-state index is 0.0253. The van der Waals surface area contributed by atoms with E-state index in [1.165, 1.54) is 0 Å². The van der Waals surface area contributed by atoms with Crippen LogP contribution in [0, 0.1) is 7.14 Å². The number of nitrogens with zero attached hydrogens (tertiary/aromatic N) is 1. The van der Waals surface area contributed by atoms with Gasteiger partial charge in [-0.05, 0) is 89.0 Å². The Morgan fingerprint density at radius 3 is 2.41 bits per heavy atom. The molecule has 3 aromatic rings. The van der Waals surface area contributed by atoms with Crippen LogP contribution >= 0.6 is 56.8 Å². The van der Waals surface area contributed by atoms with Crippen molar-refractivity contribution in [1.29, 1.82) is 0 Å². The minimum atomic E-state index is -0.0253. The lowest BCUT2D eigenvalue weighted by Gasteiger charge is -2.19. The molecule has 0 unspecified atom stereocenters. The van der Waals surface area contributed by atoms with Gasteiger partial charge in [-0.3, -0.25) is 4.79 Å². The van der Waals surface area contributed by atoms with Crippen LogP contribution < -0.4 is 4.74 Å². The quantitative estimate of drug-likeness (QED) is 0.155. The maximum Gasteiger partial charge on any atom is 0.197 e. The van der Waals surface area contributed by atoms with Crippen molar-refractivity contribution in [3.63, 3.8) is 0 Å². The number of likely N-dealkylation sites (N-methyl/N-ethyl adjacent to an activating group) is 1. The van der Waals surface area contributed by atoms with Crippen molar-refractivity contribution in [2.24, 2.45) is 0 Å². The van der Waals surface area contributed by atoms with Crippen molar-refractivity contribution in [3.05, 3.63) is 59.4 Å². The highest BCUT2D eigenvalue weighted by molar-refractivity contribution is 14.1. The number of furan rings is 1. The summed E-state index contributed by atoms with van der Waals surface area (Å²) in [5.41, 5.74) is 1.95. The number of fused-ring (bicyclic) bond motifs is 1. The van der Waals surface area contributed by atoms with Gasteiger partial charge in [0.25, 0.3) is 0 Å². The molecule has 0 amide bonds. The number of halogens is 3. The molecule has 1 aromatic heterocycles. The summed E-state index contributed by atoms with van der Waals surface area (Å²) in [5.74, 6) is 1.55. The van der Waals surface area contributed by atoms with Crippen molar-refractivity contribution in [1.82, 2.24) is 4.90 Å². The fourth-order valence-corrected chi connectivity index (χ4v) is 5.91. The molecule has 0 aliphatic heterocycles. The lowest BCUT2D eigenvalue weighted by Crippen LogP contribution is -2.28. The van der Waals surface area contributed by atoms with Crippen LogP contribution in [0.5, 0.6) is 5.75 Å². The highest BCUT2D eigenvalue weighted by Crippen LogP contribution is 2.34. The SMILES string of the molecule is CCCCc1oc2cc(Cl)ccc2c1C(=O)c1cc(I)c(OCCN(CC)CC)c(I)c1. The molecule has 0 radical (unpaired) electrons. The molecular formula is C25H28ClI2NO3. The molecular weight excluding hydrogens is 652 g/mol. The molecule has 0 saturated carbocycles. The van der Waals surface area contributed by atoms with Crippen LogP contribution in [0.15, 0.2) is 34.7 Å². The van der Waals surface area contributed by atoms with Crippen LogP contribution in [0.4, 0.5) is 0 Å². The Kier molecular flexibility index (Phi) is 9.70. The third-order valence-corrected chi connectivity index (χ3v) is 7.36. The molecule has 0 atom stereocenters. The van der Waals surface area contributed by atoms with Crippen LogP contribution in [-0.2, 0) is 6.42 Å². The smallest absolute Gasteiger partial charge is 0.197 e. The molecule has 0 aliphatic rings. The third kappa shape index (κ3) is 5.98. The zero-order chi connectivity index (χ0) is 23.3. The predicted molar refractivity (Wildman–Crippen MR) is 148 cm³/mol. The molecule has 32 heavy (non-hydrogen) atoms.